The minimum Gasteiger partial charge on any atom is -0.144 e. The maximum Gasteiger partial charge on any atom is 1.00 e. The van der Waals surface area contributed by atoms with Crippen LogP contribution in [0, 0.1) is 12.2 Å². The van der Waals surface area contributed by atoms with Crippen molar-refractivity contribution in [2.45, 2.75) is 51.6 Å². The third-order valence-corrected chi connectivity index (χ3v) is 11.6. The van der Waals surface area contributed by atoms with Crippen LogP contribution in [-0.4, -0.2) is 8.07 Å². The predicted octanol–water partition coefficient (Wildman–Crippen LogP) is 0.244. The van der Waals surface area contributed by atoms with E-state index in [-0.39, 0.29) is 37.7 Å². The Morgan fingerprint density at radius 2 is 1.09 bits per heavy atom. The van der Waals surface area contributed by atoms with Gasteiger partial charge in [-0.1, -0.05) is 74.5 Å². The van der Waals surface area contributed by atoms with Gasteiger partial charge in [-0.3, -0.25) is 0 Å². The van der Waals surface area contributed by atoms with Gasteiger partial charge in [0.2, 0.25) is 0 Å². The summed E-state index contributed by atoms with van der Waals surface area (Å²) in [5.41, 5.74) is 11.2. The summed E-state index contributed by atoms with van der Waals surface area (Å²) >= 11 is 0. The first kappa shape index (κ1) is 26.4. The first-order valence-corrected chi connectivity index (χ1v) is 15.3. The minimum absolute atomic E-state index is 0. The Morgan fingerprint density at radius 1 is 0.657 bits per heavy atom. The molecule has 0 saturated heterocycles. The summed E-state index contributed by atoms with van der Waals surface area (Å²) in [6.07, 6.45) is 27.7. The van der Waals surface area contributed by atoms with E-state index in [1.165, 1.54) is 44.5 Å². The third-order valence-electron chi connectivity index (χ3n) is 7.92. The first-order chi connectivity index (χ1) is 16.0. The van der Waals surface area contributed by atoms with E-state index in [0.717, 1.165) is 12.8 Å². The van der Waals surface area contributed by atoms with Gasteiger partial charge in [-0.25, -0.2) is 0 Å². The molecule has 0 aliphatic heterocycles. The number of rotatable bonds is 4. The van der Waals surface area contributed by atoms with Gasteiger partial charge in [0.25, 0.3) is 0 Å². The molecular weight excluding hydrogens is 426 g/mol. The number of aryl methyl sites for hydroxylation is 2. The zero-order valence-corrected chi connectivity index (χ0v) is 23.0. The fraction of sp³-hybridized carbons (Fsp3) is 0.250. The molecule has 0 spiro atoms. The van der Waals surface area contributed by atoms with Gasteiger partial charge < -0.3 is 0 Å². The molecule has 0 saturated carbocycles. The molecule has 3 heteroatoms. The van der Waals surface area contributed by atoms with E-state index < -0.39 is 8.07 Å². The van der Waals surface area contributed by atoms with Crippen LogP contribution >= 0.6 is 0 Å². The number of hydrogen-bond donors (Lipinski definition) is 0. The van der Waals surface area contributed by atoms with Crippen LogP contribution in [0.4, 0.5) is 0 Å². The second kappa shape index (κ2) is 9.98. The SMILES string of the molecule is CCc1ccc2c(c1[Si](C)(C)c1c(CC)ccc3c1[C-]=C1C=CC=CC13)[C-]=C1C=CC=CC12.[Li+].[Li+]. The summed E-state index contributed by atoms with van der Waals surface area (Å²) in [5.74, 6) is 0.719. The molecule has 2 atom stereocenters. The fourth-order valence-electron chi connectivity index (χ4n) is 6.41. The number of benzene rings is 2. The second-order valence-corrected chi connectivity index (χ2v) is 14.3. The normalized spacial score (nSPS) is 20.2. The van der Waals surface area contributed by atoms with E-state index in [2.05, 4.69) is 112 Å². The molecule has 4 aliphatic rings. The van der Waals surface area contributed by atoms with E-state index in [1.807, 2.05) is 0 Å². The van der Waals surface area contributed by atoms with E-state index >= 15 is 0 Å². The van der Waals surface area contributed by atoms with Crippen molar-refractivity contribution >= 4 is 18.4 Å². The van der Waals surface area contributed by atoms with Crippen molar-refractivity contribution in [2.75, 3.05) is 0 Å². The largest absolute Gasteiger partial charge is 1.00 e. The Bertz CT molecular complexity index is 1260. The Kier molecular flexibility index (Phi) is 7.51. The van der Waals surface area contributed by atoms with Crippen molar-refractivity contribution in [1.82, 2.24) is 0 Å². The van der Waals surface area contributed by atoms with Gasteiger partial charge in [0.1, 0.15) is 0 Å². The van der Waals surface area contributed by atoms with Crippen LogP contribution in [0.2, 0.25) is 13.1 Å². The molecule has 164 valence electrons. The standard InChI is InChI=1S/C32H30Si.2Li/c1-5-21-15-17-27-25-13-9-7-11-23(25)19-29(27)31(21)33(3,4)32-22(6-2)16-18-28-26-14-10-8-12-24(26)20-30(28)32;;/h7-18,25-26H,5-6H2,1-4H3;;/q-2;2*+1. The quantitative estimate of drug-likeness (QED) is 0.457. The van der Waals surface area contributed by atoms with Crippen LogP contribution in [0.15, 0.2) is 84.0 Å². The molecule has 0 bridgehead atoms. The van der Waals surface area contributed by atoms with Gasteiger partial charge >= 0.3 is 37.7 Å². The summed E-state index contributed by atoms with van der Waals surface area (Å²) < 4.78 is 0. The zero-order chi connectivity index (χ0) is 22.7. The molecule has 2 unspecified atom stereocenters. The third kappa shape index (κ3) is 3.98. The molecule has 0 aromatic heterocycles. The monoisotopic (exact) mass is 456 g/mol. The molecule has 4 aliphatic carbocycles. The van der Waals surface area contributed by atoms with E-state index in [4.69, 9.17) is 0 Å². The molecular formula is C32H30Li2Si. The molecule has 6 rings (SSSR count). The molecule has 0 nitrogen and oxygen atoms in total. The summed E-state index contributed by atoms with van der Waals surface area (Å²) in [6, 6.07) is 9.54. The Balaban J connectivity index is 0.00000144. The average molecular weight is 457 g/mol. The first-order valence-electron chi connectivity index (χ1n) is 12.3. The van der Waals surface area contributed by atoms with Gasteiger partial charge in [0.05, 0.1) is 0 Å². The van der Waals surface area contributed by atoms with Crippen LogP contribution in [-0.2, 0) is 12.8 Å². The van der Waals surface area contributed by atoms with Crippen LogP contribution in [0.5, 0.6) is 0 Å². The number of allylic oxidation sites excluding steroid dienone is 10. The van der Waals surface area contributed by atoms with Gasteiger partial charge in [-0.05, 0) is 24.7 Å². The Hall–Kier alpha value is -1.71. The van der Waals surface area contributed by atoms with Crippen molar-refractivity contribution in [3.05, 3.63) is 130 Å². The second-order valence-electron chi connectivity index (χ2n) is 10.1. The molecule has 0 heterocycles. The molecule has 2 aromatic carbocycles. The number of hydrogen-bond acceptors (Lipinski definition) is 0. The summed E-state index contributed by atoms with van der Waals surface area (Å²) in [5, 5.41) is 3.17. The van der Waals surface area contributed by atoms with Crippen molar-refractivity contribution in [1.29, 1.82) is 0 Å². The smallest absolute Gasteiger partial charge is 0.144 e. The maximum atomic E-state index is 3.88. The van der Waals surface area contributed by atoms with Gasteiger partial charge in [-0.15, -0.1) is 92.4 Å². The van der Waals surface area contributed by atoms with Crippen LogP contribution in [0.1, 0.15) is 59.1 Å². The predicted molar refractivity (Wildman–Crippen MR) is 142 cm³/mol. The Morgan fingerprint density at radius 3 is 1.49 bits per heavy atom. The fourth-order valence-corrected chi connectivity index (χ4v) is 10.4. The van der Waals surface area contributed by atoms with Crippen molar-refractivity contribution in [3.8, 4) is 0 Å². The molecule has 0 fully saturated rings. The molecule has 35 heavy (non-hydrogen) atoms. The summed E-state index contributed by atoms with van der Waals surface area (Å²) in [4.78, 5) is 0. The van der Waals surface area contributed by atoms with Gasteiger partial charge in [-0.2, -0.15) is 0 Å². The van der Waals surface area contributed by atoms with Crippen molar-refractivity contribution < 1.29 is 37.7 Å². The van der Waals surface area contributed by atoms with E-state index in [9.17, 15) is 0 Å². The number of fused-ring (bicyclic) bond motifs is 6. The Labute approximate surface area is 236 Å². The minimum atomic E-state index is -2.08. The molecule has 0 amide bonds. The molecule has 2 aromatic rings. The maximum absolute atomic E-state index is 3.88. The van der Waals surface area contributed by atoms with Crippen molar-refractivity contribution in [2.24, 2.45) is 0 Å². The van der Waals surface area contributed by atoms with Gasteiger partial charge in [0.15, 0.2) is 0 Å². The topological polar surface area (TPSA) is 0 Å². The van der Waals surface area contributed by atoms with E-state index in [1.54, 1.807) is 10.4 Å². The summed E-state index contributed by atoms with van der Waals surface area (Å²) in [7, 11) is -2.08. The average Bonchev–Trinajstić information content (AvgIpc) is 3.40. The van der Waals surface area contributed by atoms with Crippen LogP contribution < -0.4 is 48.1 Å². The van der Waals surface area contributed by atoms with E-state index in [0.29, 0.717) is 11.8 Å². The van der Waals surface area contributed by atoms with Crippen LogP contribution in [0.25, 0.3) is 0 Å². The zero-order valence-electron chi connectivity index (χ0n) is 22.0. The van der Waals surface area contributed by atoms with Crippen molar-refractivity contribution in [3.63, 3.8) is 0 Å². The molecule has 0 N–H and O–H groups in total. The molecule has 0 radical (unpaired) electrons. The van der Waals surface area contributed by atoms with Gasteiger partial charge in [0, 0.05) is 8.07 Å². The summed E-state index contributed by atoms with van der Waals surface area (Å²) in [6.45, 7) is 9.74. The van der Waals surface area contributed by atoms with Crippen LogP contribution in [0.3, 0.4) is 0 Å².